The van der Waals surface area contributed by atoms with Crippen LogP contribution in [0, 0.1) is 0 Å². The normalized spacial score (nSPS) is 11.5. The van der Waals surface area contributed by atoms with Gasteiger partial charge in [-0.2, -0.15) is 10.2 Å². The summed E-state index contributed by atoms with van der Waals surface area (Å²) in [5, 5.41) is 7.31. The first-order valence-corrected chi connectivity index (χ1v) is 7.85. The minimum atomic E-state index is -0.904. The predicted octanol–water partition coefficient (Wildman–Crippen LogP) is 2.62. The first-order valence-electron chi connectivity index (χ1n) is 7.85. The molecule has 0 unspecified atom stereocenters. The Bertz CT molecular complexity index is 754. The third kappa shape index (κ3) is 7.18. The molecule has 0 aliphatic rings. The van der Waals surface area contributed by atoms with E-state index in [1.165, 1.54) is 12.4 Å². The quantitative estimate of drug-likeness (QED) is 0.479. The van der Waals surface area contributed by atoms with E-state index < -0.39 is 11.8 Å². The molecular weight excluding hydrogens is 328 g/mol. The summed E-state index contributed by atoms with van der Waals surface area (Å²) in [6, 6.07) is 19.2. The molecule has 0 fully saturated rings. The van der Waals surface area contributed by atoms with Gasteiger partial charge < -0.3 is 0 Å². The Kier molecular flexibility index (Phi) is 7.76. The molecule has 130 valence electrons. The molecule has 0 spiro atoms. The Morgan fingerprint density at radius 1 is 0.654 bits per heavy atom. The number of rotatable bonds is 6. The molecule has 0 heterocycles. The Hall–Kier alpha value is -3.80. The van der Waals surface area contributed by atoms with Crippen molar-refractivity contribution in [2.24, 2.45) is 10.2 Å². The molecule has 0 aromatic heterocycles. The topological polar surface area (TPSA) is 82.9 Å². The Labute approximate surface area is 151 Å². The number of hydrazone groups is 2. The number of hydrogen-bond donors (Lipinski definition) is 2. The van der Waals surface area contributed by atoms with Gasteiger partial charge >= 0.3 is 11.8 Å². The zero-order valence-corrected chi connectivity index (χ0v) is 13.9. The van der Waals surface area contributed by atoms with Gasteiger partial charge in [-0.3, -0.25) is 9.59 Å². The average molecular weight is 346 g/mol. The molecule has 0 bridgehead atoms. The van der Waals surface area contributed by atoms with Crippen molar-refractivity contribution >= 4 is 36.4 Å². The van der Waals surface area contributed by atoms with Crippen LogP contribution in [0.15, 0.2) is 83.0 Å². The molecule has 6 heteroatoms. The highest BCUT2D eigenvalue weighted by Gasteiger charge is 2.10. The minimum Gasteiger partial charge on any atom is -0.262 e. The zero-order chi connectivity index (χ0) is 18.5. The van der Waals surface area contributed by atoms with Crippen molar-refractivity contribution in [2.75, 3.05) is 0 Å². The van der Waals surface area contributed by atoms with E-state index in [-0.39, 0.29) is 0 Å². The van der Waals surface area contributed by atoms with Gasteiger partial charge in [-0.15, -0.1) is 0 Å². The lowest BCUT2D eigenvalue weighted by Gasteiger charge is -1.96. The van der Waals surface area contributed by atoms with Crippen LogP contribution in [-0.4, -0.2) is 24.2 Å². The highest BCUT2D eigenvalue weighted by Crippen LogP contribution is 2.00. The summed E-state index contributed by atoms with van der Waals surface area (Å²) in [6.45, 7) is 0. The summed E-state index contributed by atoms with van der Waals surface area (Å²) in [4.78, 5) is 23.0. The summed E-state index contributed by atoms with van der Waals surface area (Å²) in [7, 11) is 0. The van der Waals surface area contributed by atoms with E-state index in [2.05, 4.69) is 21.1 Å². The smallest absolute Gasteiger partial charge is 0.262 e. The van der Waals surface area contributed by atoms with E-state index in [1.807, 2.05) is 72.8 Å². The summed E-state index contributed by atoms with van der Waals surface area (Å²) in [5.41, 5.74) is 6.22. The highest BCUT2D eigenvalue weighted by molar-refractivity contribution is 6.35. The van der Waals surface area contributed by atoms with Crippen molar-refractivity contribution in [1.29, 1.82) is 0 Å². The third-order valence-electron chi connectivity index (χ3n) is 3.04. The first kappa shape index (κ1) is 18.5. The molecule has 0 aliphatic heterocycles. The number of allylic oxidation sites excluding steroid dienone is 2. The monoisotopic (exact) mass is 346 g/mol. The van der Waals surface area contributed by atoms with Crippen LogP contribution in [0.3, 0.4) is 0 Å². The van der Waals surface area contributed by atoms with Crippen molar-refractivity contribution in [3.05, 3.63) is 83.9 Å². The fourth-order valence-corrected chi connectivity index (χ4v) is 1.82. The van der Waals surface area contributed by atoms with Crippen molar-refractivity contribution in [2.45, 2.75) is 0 Å². The lowest BCUT2D eigenvalue weighted by molar-refractivity contribution is -0.139. The van der Waals surface area contributed by atoms with Crippen LogP contribution in [0.1, 0.15) is 11.1 Å². The van der Waals surface area contributed by atoms with Crippen molar-refractivity contribution in [3.8, 4) is 0 Å². The molecule has 0 aliphatic carbocycles. The van der Waals surface area contributed by atoms with E-state index in [0.29, 0.717) is 0 Å². The van der Waals surface area contributed by atoms with E-state index in [0.717, 1.165) is 11.1 Å². The van der Waals surface area contributed by atoms with Gasteiger partial charge in [-0.05, 0) is 23.3 Å². The number of carbonyl (C=O) groups excluding carboxylic acids is 2. The number of amides is 2. The molecular formula is C20H18N4O2. The van der Waals surface area contributed by atoms with Gasteiger partial charge in [0, 0.05) is 12.4 Å². The fourth-order valence-electron chi connectivity index (χ4n) is 1.82. The van der Waals surface area contributed by atoms with Gasteiger partial charge in [-0.1, -0.05) is 72.8 Å². The summed E-state index contributed by atoms with van der Waals surface area (Å²) in [5.74, 6) is -1.81. The molecule has 0 radical (unpaired) electrons. The number of nitrogens with zero attached hydrogens (tertiary/aromatic N) is 2. The second kappa shape index (κ2) is 10.9. The third-order valence-corrected chi connectivity index (χ3v) is 3.04. The molecule has 2 rings (SSSR count). The largest absolute Gasteiger partial charge is 0.331 e. The first-order chi connectivity index (χ1) is 12.8. The predicted molar refractivity (Wildman–Crippen MR) is 104 cm³/mol. The number of nitrogens with one attached hydrogen (secondary N) is 2. The maximum atomic E-state index is 11.5. The molecule has 26 heavy (non-hydrogen) atoms. The SMILES string of the molecule is O=C(N/N=C/C=C\c1ccccc1)C(=O)N/N=C/C=C\c1ccccc1. The average Bonchev–Trinajstić information content (AvgIpc) is 2.68. The van der Waals surface area contributed by atoms with E-state index >= 15 is 0 Å². The lowest BCUT2D eigenvalue weighted by Crippen LogP contribution is -2.35. The van der Waals surface area contributed by atoms with Crippen LogP contribution in [0.2, 0.25) is 0 Å². The van der Waals surface area contributed by atoms with Crippen LogP contribution >= 0.6 is 0 Å². The minimum absolute atomic E-state index is 0.904. The van der Waals surface area contributed by atoms with Gasteiger partial charge in [0.1, 0.15) is 0 Å². The van der Waals surface area contributed by atoms with Gasteiger partial charge in [0.15, 0.2) is 0 Å². The van der Waals surface area contributed by atoms with Gasteiger partial charge in [0.05, 0.1) is 0 Å². The fraction of sp³-hybridized carbons (Fsp3) is 0. The lowest BCUT2D eigenvalue weighted by atomic mass is 10.2. The summed E-state index contributed by atoms with van der Waals surface area (Å²) >= 11 is 0. The Balaban J connectivity index is 1.69. The van der Waals surface area contributed by atoms with Gasteiger partial charge in [0.25, 0.3) is 0 Å². The van der Waals surface area contributed by atoms with Crippen molar-refractivity contribution in [1.82, 2.24) is 10.9 Å². The van der Waals surface area contributed by atoms with Crippen molar-refractivity contribution < 1.29 is 9.59 Å². The molecule has 2 amide bonds. The van der Waals surface area contributed by atoms with Gasteiger partial charge in [0.2, 0.25) is 0 Å². The van der Waals surface area contributed by atoms with Crippen LogP contribution < -0.4 is 10.9 Å². The van der Waals surface area contributed by atoms with Crippen LogP contribution in [-0.2, 0) is 9.59 Å². The highest BCUT2D eigenvalue weighted by atomic mass is 16.2. The van der Waals surface area contributed by atoms with Crippen LogP contribution in [0.25, 0.3) is 12.2 Å². The zero-order valence-electron chi connectivity index (χ0n) is 13.9. The van der Waals surface area contributed by atoms with Crippen LogP contribution in [0.4, 0.5) is 0 Å². The molecule has 0 saturated heterocycles. The summed E-state index contributed by atoms with van der Waals surface area (Å²) in [6.07, 6.45) is 9.70. The Morgan fingerprint density at radius 2 is 1.04 bits per heavy atom. The Morgan fingerprint density at radius 3 is 1.42 bits per heavy atom. The molecule has 2 N–H and O–H groups in total. The van der Waals surface area contributed by atoms with E-state index in [1.54, 1.807) is 12.2 Å². The van der Waals surface area contributed by atoms with Crippen molar-refractivity contribution in [3.63, 3.8) is 0 Å². The summed E-state index contributed by atoms with van der Waals surface area (Å²) < 4.78 is 0. The standard InChI is InChI=1S/C20H18N4O2/c25-19(23-21-15-7-13-17-9-3-1-4-10-17)20(26)24-22-16-8-14-18-11-5-2-6-12-18/h1-16H,(H,23,25)(H,24,26)/b13-7-,14-8-,21-15+,22-16+. The van der Waals surface area contributed by atoms with Gasteiger partial charge in [-0.25, -0.2) is 10.9 Å². The second-order valence-corrected chi connectivity index (χ2v) is 4.98. The number of hydrogen-bond acceptors (Lipinski definition) is 4. The van der Waals surface area contributed by atoms with E-state index in [9.17, 15) is 9.59 Å². The number of carbonyl (C=O) groups is 2. The molecule has 2 aromatic rings. The molecule has 0 atom stereocenters. The maximum absolute atomic E-state index is 11.5. The van der Waals surface area contributed by atoms with E-state index in [4.69, 9.17) is 0 Å². The van der Waals surface area contributed by atoms with Crippen LogP contribution in [0.5, 0.6) is 0 Å². The second-order valence-electron chi connectivity index (χ2n) is 4.98. The number of benzene rings is 2. The maximum Gasteiger partial charge on any atom is 0.331 e. The molecule has 0 saturated carbocycles. The molecule has 2 aromatic carbocycles. The molecule has 6 nitrogen and oxygen atoms in total.